The third-order valence-corrected chi connectivity index (χ3v) is 10.7. The van der Waals surface area contributed by atoms with Gasteiger partial charge in [-0.25, -0.2) is 4.98 Å². The van der Waals surface area contributed by atoms with Crippen molar-refractivity contribution in [3.05, 3.63) is 181 Å². The number of anilines is 6. The minimum absolute atomic E-state index is 0.100. The molecule has 0 aliphatic heterocycles. The van der Waals surface area contributed by atoms with Gasteiger partial charge in [-0.05, 0) is 80.7 Å². The smallest absolute Gasteiger partial charge is 0.156 e. The fourth-order valence-electron chi connectivity index (χ4n) is 8.45. The molecular formula is C47H34N4. The highest BCUT2D eigenvalue weighted by Crippen LogP contribution is 2.55. The lowest BCUT2D eigenvalue weighted by Gasteiger charge is -2.30. The predicted molar refractivity (Wildman–Crippen MR) is 213 cm³/mol. The first-order valence-corrected chi connectivity index (χ1v) is 17.5. The second-order valence-electron chi connectivity index (χ2n) is 13.9. The third-order valence-electron chi connectivity index (χ3n) is 10.7. The standard InChI is InChI=1S/C47H34N4/c1-47(2)38-17-10-9-16-35(38)46-39(47)18-11-19-42(46)50(33-12-5-3-6-13-33)40-26-22-31-21-25-37-41(27-23-32-20-24-36(40)44(31)45(32)37)51(34-14-7-4-8-15-34)43-30-48-28-29-49-43/h3-30H,1-2H3. The predicted octanol–water partition coefficient (Wildman–Crippen LogP) is 12.6. The van der Waals surface area contributed by atoms with Crippen LogP contribution in [0.3, 0.4) is 0 Å². The van der Waals surface area contributed by atoms with Gasteiger partial charge in [0.25, 0.3) is 0 Å². The van der Waals surface area contributed by atoms with Gasteiger partial charge in [0.1, 0.15) is 0 Å². The lowest BCUT2D eigenvalue weighted by molar-refractivity contribution is 0.660. The number of hydrogen-bond acceptors (Lipinski definition) is 4. The molecule has 0 saturated carbocycles. The van der Waals surface area contributed by atoms with Crippen LogP contribution in [0.25, 0.3) is 43.4 Å². The fraction of sp³-hybridized carbons (Fsp3) is 0.0638. The van der Waals surface area contributed by atoms with E-state index in [0.717, 1.165) is 28.6 Å². The number of fused-ring (bicyclic) bond motifs is 3. The maximum Gasteiger partial charge on any atom is 0.156 e. The van der Waals surface area contributed by atoms with Crippen LogP contribution in [-0.2, 0) is 5.41 Å². The van der Waals surface area contributed by atoms with Gasteiger partial charge in [-0.2, -0.15) is 0 Å². The SMILES string of the molecule is CC1(C)c2ccccc2-c2c(N(c3ccccc3)c3ccc4ccc5c(N(c6ccccc6)c6cnccn6)ccc6ccc3c4c65)cccc21. The Morgan fingerprint density at radius 2 is 1.04 bits per heavy atom. The van der Waals surface area contributed by atoms with E-state index in [1.54, 1.807) is 12.4 Å². The Bertz CT molecular complexity index is 2680. The van der Waals surface area contributed by atoms with E-state index in [1.165, 1.54) is 60.3 Å². The van der Waals surface area contributed by atoms with Gasteiger partial charge in [0, 0.05) is 45.5 Å². The monoisotopic (exact) mass is 654 g/mol. The van der Waals surface area contributed by atoms with E-state index in [1.807, 2.05) is 12.3 Å². The van der Waals surface area contributed by atoms with Crippen LogP contribution in [0.5, 0.6) is 0 Å². The molecule has 0 N–H and O–H groups in total. The summed E-state index contributed by atoms with van der Waals surface area (Å²) in [5, 5.41) is 7.30. The second kappa shape index (κ2) is 11.3. The minimum Gasteiger partial charge on any atom is -0.309 e. The summed E-state index contributed by atoms with van der Waals surface area (Å²) in [7, 11) is 0. The molecule has 10 rings (SSSR count). The van der Waals surface area contributed by atoms with Crippen molar-refractivity contribution in [3.63, 3.8) is 0 Å². The largest absolute Gasteiger partial charge is 0.309 e. The molecule has 1 aromatic heterocycles. The summed E-state index contributed by atoms with van der Waals surface area (Å²) in [5.74, 6) is 0.774. The van der Waals surface area contributed by atoms with Crippen molar-refractivity contribution in [1.29, 1.82) is 0 Å². The van der Waals surface area contributed by atoms with Gasteiger partial charge in [0.15, 0.2) is 5.82 Å². The first kappa shape index (κ1) is 29.4. The Morgan fingerprint density at radius 3 is 1.69 bits per heavy atom. The van der Waals surface area contributed by atoms with Crippen molar-refractivity contribution in [3.8, 4) is 11.1 Å². The fourth-order valence-corrected chi connectivity index (χ4v) is 8.45. The zero-order valence-corrected chi connectivity index (χ0v) is 28.5. The molecule has 0 spiro atoms. The number of rotatable bonds is 6. The summed E-state index contributed by atoms with van der Waals surface area (Å²) in [6.45, 7) is 4.70. The average molecular weight is 655 g/mol. The number of aromatic nitrogens is 2. The Morgan fingerprint density at radius 1 is 0.471 bits per heavy atom. The number of benzene rings is 8. The van der Waals surface area contributed by atoms with Crippen molar-refractivity contribution in [2.45, 2.75) is 19.3 Å². The molecule has 1 heterocycles. The molecule has 0 atom stereocenters. The van der Waals surface area contributed by atoms with Crippen LogP contribution in [0, 0.1) is 0 Å². The minimum atomic E-state index is -0.100. The van der Waals surface area contributed by atoms with Gasteiger partial charge in [-0.3, -0.25) is 9.88 Å². The summed E-state index contributed by atoms with van der Waals surface area (Å²) >= 11 is 0. The Hall–Kier alpha value is -6.52. The van der Waals surface area contributed by atoms with E-state index in [-0.39, 0.29) is 5.41 Å². The highest BCUT2D eigenvalue weighted by molar-refractivity contribution is 6.28. The van der Waals surface area contributed by atoms with E-state index in [9.17, 15) is 0 Å². The summed E-state index contributed by atoms with van der Waals surface area (Å²) in [4.78, 5) is 13.9. The zero-order chi connectivity index (χ0) is 34.1. The first-order chi connectivity index (χ1) is 25.1. The maximum absolute atomic E-state index is 4.76. The quantitative estimate of drug-likeness (QED) is 0.167. The highest BCUT2D eigenvalue weighted by Gasteiger charge is 2.38. The highest BCUT2D eigenvalue weighted by atomic mass is 15.2. The molecule has 9 aromatic rings. The van der Waals surface area contributed by atoms with Crippen LogP contribution in [-0.4, -0.2) is 9.97 Å². The Labute approximate surface area is 297 Å². The summed E-state index contributed by atoms with van der Waals surface area (Å²) in [6.07, 6.45) is 5.31. The lowest BCUT2D eigenvalue weighted by atomic mass is 9.82. The molecule has 242 valence electrons. The average Bonchev–Trinajstić information content (AvgIpc) is 3.43. The Kier molecular flexibility index (Phi) is 6.49. The van der Waals surface area contributed by atoms with E-state index < -0.39 is 0 Å². The molecule has 4 nitrogen and oxygen atoms in total. The maximum atomic E-state index is 4.76. The molecule has 0 saturated heterocycles. The number of hydrogen-bond donors (Lipinski definition) is 0. The molecule has 1 aliphatic carbocycles. The molecule has 4 heteroatoms. The van der Waals surface area contributed by atoms with Crippen molar-refractivity contribution in [2.75, 3.05) is 9.80 Å². The van der Waals surface area contributed by atoms with E-state index >= 15 is 0 Å². The first-order valence-electron chi connectivity index (χ1n) is 17.5. The van der Waals surface area contributed by atoms with Crippen LogP contribution in [0.1, 0.15) is 25.0 Å². The summed E-state index contributed by atoms with van der Waals surface area (Å²) < 4.78 is 0. The lowest BCUT2D eigenvalue weighted by Crippen LogP contribution is -2.16. The van der Waals surface area contributed by atoms with Gasteiger partial charge in [-0.1, -0.05) is 123 Å². The van der Waals surface area contributed by atoms with Crippen molar-refractivity contribution < 1.29 is 0 Å². The third kappa shape index (κ3) is 4.39. The van der Waals surface area contributed by atoms with Gasteiger partial charge in [0.05, 0.1) is 23.3 Å². The molecule has 0 fully saturated rings. The van der Waals surface area contributed by atoms with Gasteiger partial charge < -0.3 is 4.90 Å². The van der Waals surface area contributed by atoms with Crippen LogP contribution >= 0.6 is 0 Å². The molecule has 8 aromatic carbocycles. The molecule has 0 radical (unpaired) electrons. The van der Waals surface area contributed by atoms with Crippen molar-refractivity contribution >= 4 is 66.6 Å². The number of para-hydroxylation sites is 2. The molecule has 1 aliphatic rings. The van der Waals surface area contributed by atoms with Crippen LogP contribution in [0.4, 0.5) is 34.3 Å². The zero-order valence-electron chi connectivity index (χ0n) is 28.5. The van der Waals surface area contributed by atoms with E-state index in [0.29, 0.717) is 0 Å². The van der Waals surface area contributed by atoms with Crippen LogP contribution in [0.15, 0.2) is 170 Å². The topological polar surface area (TPSA) is 32.3 Å². The van der Waals surface area contributed by atoms with Crippen molar-refractivity contribution in [2.24, 2.45) is 0 Å². The number of nitrogens with zero attached hydrogens (tertiary/aromatic N) is 4. The van der Waals surface area contributed by atoms with Gasteiger partial charge in [-0.15, -0.1) is 0 Å². The molecule has 51 heavy (non-hydrogen) atoms. The second-order valence-corrected chi connectivity index (χ2v) is 13.9. The molecule has 0 amide bonds. The van der Waals surface area contributed by atoms with Crippen LogP contribution in [0.2, 0.25) is 0 Å². The normalized spacial score (nSPS) is 13.1. The van der Waals surface area contributed by atoms with Gasteiger partial charge >= 0.3 is 0 Å². The van der Waals surface area contributed by atoms with E-state index in [4.69, 9.17) is 4.98 Å². The molecule has 0 bridgehead atoms. The van der Waals surface area contributed by atoms with Gasteiger partial charge in [0.2, 0.25) is 0 Å². The summed E-state index contributed by atoms with van der Waals surface area (Å²) in [6, 6.07) is 55.2. The van der Waals surface area contributed by atoms with Crippen molar-refractivity contribution in [1.82, 2.24) is 9.97 Å². The molecular weight excluding hydrogens is 621 g/mol. The summed E-state index contributed by atoms with van der Waals surface area (Å²) in [5.41, 5.74) is 10.8. The van der Waals surface area contributed by atoms with Crippen LogP contribution < -0.4 is 9.80 Å². The van der Waals surface area contributed by atoms with E-state index in [2.05, 4.69) is 174 Å². The Balaban J connectivity index is 1.26. The molecule has 0 unspecified atom stereocenters.